The maximum atomic E-state index is 12.9. The first-order valence-electron chi connectivity index (χ1n) is 9.50. The van der Waals surface area contributed by atoms with Gasteiger partial charge in [0.25, 0.3) is 5.56 Å². The molecule has 0 N–H and O–H groups in total. The number of nitrogens with zero attached hydrogens (tertiary/aromatic N) is 3. The first-order valence-corrected chi connectivity index (χ1v) is 9.50. The lowest BCUT2D eigenvalue weighted by Crippen LogP contribution is -2.43. The topological polar surface area (TPSA) is 38.1 Å². The molecule has 0 aliphatic carbocycles. The zero-order chi connectivity index (χ0) is 17.9. The largest absolute Gasteiger partial charge is 0.315 e. The first-order chi connectivity index (χ1) is 12.7. The molecule has 2 aromatic heterocycles. The number of aryl methyl sites for hydroxylation is 1. The molecule has 1 unspecified atom stereocenters. The highest BCUT2D eigenvalue weighted by molar-refractivity contribution is 5.95. The zero-order valence-electron chi connectivity index (χ0n) is 15.3. The Morgan fingerprint density at radius 2 is 1.88 bits per heavy atom. The Balaban J connectivity index is 1.56. The van der Waals surface area contributed by atoms with E-state index in [0.29, 0.717) is 11.4 Å². The Bertz CT molecular complexity index is 945. The lowest BCUT2D eigenvalue weighted by molar-refractivity contribution is 0.120. The second-order valence-electron chi connectivity index (χ2n) is 7.21. The van der Waals surface area contributed by atoms with Crippen LogP contribution in [-0.2, 0) is 6.54 Å². The average Bonchev–Trinajstić information content (AvgIpc) is 2.62. The Hall–Kier alpha value is -2.46. The third kappa shape index (κ3) is 3.29. The van der Waals surface area contributed by atoms with Gasteiger partial charge < -0.3 is 9.47 Å². The molecule has 4 nitrogen and oxygen atoms in total. The van der Waals surface area contributed by atoms with Crippen LogP contribution in [0, 0.1) is 0 Å². The summed E-state index contributed by atoms with van der Waals surface area (Å²) in [6, 6.07) is 12.8. The van der Waals surface area contributed by atoms with E-state index < -0.39 is 0 Å². The van der Waals surface area contributed by atoms with Gasteiger partial charge in [-0.2, -0.15) is 0 Å². The van der Waals surface area contributed by atoms with Gasteiger partial charge >= 0.3 is 0 Å². The third-order valence-electron chi connectivity index (χ3n) is 5.52. The first kappa shape index (κ1) is 17.0. The number of hydrogen-bond donors (Lipinski definition) is 0. The Morgan fingerprint density at radius 1 is 1.08 bits per heavy atom. The van der Waals surface area contributed by atoms with Crippen LogP contribution in [0.25, 0.3) is 21.9 Å². The molecule has 0 spiro atoms. The summed E-state index contributed by atoms with van der Waals surface area (Å²) in [7, 11) is 0. The molecular weight excluding hydrogens is 322 g/mol. The fraction of sp³-hybridized carbons (Fsp3) is 0.364. The van der Waals surface area contributed by atoms with Crippen LogP contribution in [0.4, 0.5) is 0 Å². The molecule has 3 aromatic rings. The van der Waals surface area contributed by atoms with Crippen LogP contribution < -0.4 is 5.56 Å². The molecule has 134 valence electrons. The molecule has 26 heavy (non-hydrogen) atoms. The van der Waals surface area contributed by atoms with Crippen LogP contribution in [0.2, 0.25) is 0 Å². The predicted molar refractivity (Wildman–Crippen MR) is 106 cm³/mol. The molecule has 3 heterocycles. The number of fused-ring (bicyclic) bond motifs is 1. The van der Waals surface area contributed by atoms with Crippen molar-refractivity contribution in [1.82, 2.24) is 14.5 Å². The second-order valence-corrected chi connectivity index (χ2v) is 7.21. The quantitative estimate of drug-likeness (QED) is 0.678. The number of rotatable bonds is 6. The van der Waals surface area contributed by atoms with Crippen LogP contribution in [0.3, 0.4) is 0 Å². The molecule has 0 bridgehead atoms. The summed E-state index contributed by atoms with van der Waals surface area (Å²) in [5, 5.41) is 1.67. The Kier molecular flexibility index (Phi) is 4.85. The maximum absolute atomic E-state index is 12.9. The van der Waals surface area contributed by atoms with Crippen LogP contribution in [-0.4, -0.2) is 33.6 Å². The van der Waals surface area contributed by atoms with Crippen molar-refractivity contribution >= 4 is 10.8 Å². The molecule has 1 atom stereocenters. The van der Waals surface area contributed by atoms with Gasteiger partial charge in [0.2, 0.25) is 0 Å². The van der Waals surface area contributed by atoms with Crippen LogP contribution >= 0.6 is 0 Å². The van der Waals surface area contributed by atoms with E-state index in [1.807, 2.05) is 35.2 Å². The SMILES string of the molecule is CC(CCCn1ccc2c(-c3ccccc3)cncc2c1=O)N1CCC1. The smallest absolute Gasteiger partial charge is 0.259 e. The molecule has 1 saturated heterocycles. The molecule has 1 aliphatic heterocycles. The van der Waals surface area contributed by atoms with Gasteiger partial charge in [0.05, 0.1) is 5.39 Å². The van der Waals surface area contributed by atoms with Gasteiger partial charge in [-0.1, -0.05) is 30.3 Å². The molecule has 4 heteroatoms. The highest BCUT2D eigenvalue weighted by atomic mass is 16.1. The zero-order valence-corrected chi connectivity index (χ0v) is 15.3. The Labute approximate surface area is 154 Å². The van der Waals surface area contributed by atoms with Crippen molar-refractivity contribution in [3.05, 3.63) is 65.3 Å². The van der Waals surface area contributed by atoms with E-state index in [2.05, 4.69) is 35.0 Å². The second kappa shape index (κ2) is 7.42. The lowest BCUT2D eigenvalue weighted by Gasteiger charge is -2.36. The minimum Gasteiger partial charge on any atom is -0.315 e. The van der Waals surface area contributed by atoms with Gasteiger partial charge in [0.1, 0.15) is 0 Å². The van der Waals surface area contributed by atoms with E-state index in [1.165, 1.54) is 19.5 Å². The maximum Gasteiger partial charge on any atom is 0.259 e. The summed E-state index contributed by atoms with van der Waals surface area (Å²) in [4.78, 5) is 19.7. The number of aromatic nitrogens is 2. The van der Waals surface area contributed by atoms with E-state index in [9.17, 15) is 4.79 Å². The fourth-order valence-corrected chi connectivity index (χ4v) is 3.75. The van der Waals surface area contributed by atoms with E-state index in [1.54, 1.807) is 6.20 Å². The predicted octanol–water partition coefficient (Wildman–Crippen LogP) is 3.94. The van der Waals surface area contributed by atoms with Gasteiger partial charge in [-0.05, 0) is 56.3 Å². The normalized spacial score (nSPS) is 15.7. The molecule has 1 aliphatic rings. The average molecular weight is 347 g/mol. The minimum absolute atomic E-state index is 0.0596. The molecule has 4 rings (SSSR count). The van der Waals surface area contributed by atoms with Gasteiger partial charge in [0, 0.05) is 36.7 Å². The molecule has 1 aromatic carbocycles. The standard InChI is InChI=1S/C22H25N3O/c1-17(24-12-6-13-24)7-5-11-25-14-10-19-20(18-8-3-2-4-9-18)15-23-16-21(19)22(25)26/h2-4,8-10,14-17H,5-7,11-13H2,1H3. The third-order valence-corrected chi connectivity index (χ3v) is 5.52. The van der Waals surface area contributed by atoms with Crippen molar-refractivity contribution in [3.8, 4) is 11.1 Å². The molecular formula is C22H25N3O. The van der Waals surface area contributed by atoms with E-state index in [4.69, 9.17) is 0 Å². The number of pyridine rings is 2. The highest BCUT2D eigenvalue weighted by Gasteiger charge is 2.19. The lowest BCUT2D eigenvalue weighted by atomic mass is 10.0. The molecule has 1 fully saturated rings. The van der Waals surface area contributed by atoms with E-state index in [0.717, 1.165) is 35.9 Å². The van der Waals surface area contributed by atoms with Crippen LogP contribution in [0.15, 0.2) is 59.8 Å². The van der Waals surface area contributed by atoms with Crippen molar-refractivity contribution in [2.24, 2.45) is 0 Å². The van der Waals surface area contributed by atoms with Gasteiger partial charge in [-0.3, -0.25) is 9.78 Å². The van der Waals surface area contributed by atoms with Crippen molar-refractivity contribution in [3.63, 3.8) is 0 Å². The van der Waals surface area contributed by atoms with Crippen molar-refractivity contribution in [2.45, 2.75) is 38.8 Å². The summed E-state index contributed by atoms with van der Waals surface area (Å²) in [5.74, 6) is 0. The number of benzene rings is 1. The van der Waals surface area contributed by atoms with Gasteiger partial charge in [0.15, 0.2) is 0 Å². The van der Waals surface area contributed by atoms with E-state index in [-0.39, 0.29) is 5.56 Å². The summed E-state index contributed by atoms with van der Waals surface area (Å²) in [5.41, 5.74) is 2.16. The minimum atomic E-state index is 0.0596. The molecule has 0 amide bonds. The highest BCUT2D eigenvalue weighted by Crippen LogP contribution is 2.25. The Morgan fingerprint density at radius 3 is 2.62 bits per heavy atom. The van der Waals surface area contributed by atoms with Crippen molar-refractivity contribution in [2.75, 3.05) is 13.1 Å². The number of likely N-dealkylation sites (tertiary alicyclic amines) is 1. The molecule has 0 radical (unpaired) electrons. The van der Waals surface area contributed by atoms with Gasteiger partial charge in [-0.25, -0.2) is 0 Å². The number of hydrogen-bond acceptors (Lipinski definition) is 3. The summed E-state index contributed by atoms with van der Waals surface area (Å²) >= 11 is 0. The van der Waals surface area contributed by atoms with Crippen molar-refractivity contribution in [1.29, 1.82) is 0 Å². The van der Waals surface area contributed by atoms with Crippen molar-refractivity contribution < 1.29 is 0 Å². The van der Waals surface area contributed by atoms with Gasteiger partial charge in [-0.15, -0.1) is 0 Å². The summed E-state index contributed by atoms with van der Waals surface area (Å²) in [6.45, 7) is 5.51. The monoisotopic (exact) mass is 347 g/mol. The van der Waals surface area contributed by atoms with Crippen LogP contribution in [0.5, 0.6) is 0 Å². The fourth-order valence-electron chi connectivity index (χ4n) is 3.75. The van der Waals surface area contributed by atoms with E-state index >= 15 is 0 Å². The summed E-state index contributed by atoms with van der Waals surface area (Å²) in [6.07, 6.45) is 8.96. The van der Waals surface area contributed by atoms with Crippen LogP contribution in [0.1, 0.15) is 26.2 Å². The summed E-state index contributed by atoms with van der Waals surface area (Å²) < 4.78 is 1.83. The molecule has 0 saturated carbocycles.